The third-order valence-corrected chi connectivity index (χ3v) is 5.05. The van der Waals surface area contributed by atoms with Crippen LogP contribution in [0.1, 0.15) is 43.2 Å². The van der Waals surface area contributed by atoms with E-state index in [0.29, 0.717) is 30.9 Å². The number of hydrogen-bond donors (Lipinski definition) is 1. The van der Waals surface area contributed by atoms with E-state index in [9.17, 15) is 9.90 Å². The first-order chi connectivity index (χ1) is 12.2. The molecule has 4 nitrogen and oxygen atoms in total. The highest BCUT2D eigenvalue weighted by molar-refractivity contribution is 5.83. The SMILES string of the molecule is COc1c(OCc2ccccc2)cccc1C1(C(=O)O)CCCCC1. The number of carboxylic acids is 1. The maximum atomic E-state index is 12.1. The summed E-state index contributed by atoms with van der Waals surface area (Å²) in [6, 6.07) is 15.5. The molecule has 0 aliphatic heterocycles. The summed E-state index contributed by atoms with van der Waals surface area (Å²) in [6.45, 7) is 0.417. The van der Waals surface area contributed by atoms with Crippen LogP contribution in [-0.4, -0.2) is 18.2 Å². The van der Waals surface area contributed by atoms with Gasteiger partial charge >= 0.3 is 5.97 Å². The molecule has 0 aromatic heterocycles. The molecule has 1 fully saturated rings. The minimum atomic E-state index is -0.879. The lowest BCUT2D eigenvalue weighted by molar-refractivity contribution is -0.145. The molecule has 0 atom stereocenters. The van der Waals surface area contributed by atoms with Crippen molar-refractivity contribution in [2.75, 3.05) is 7.11 Å². The molecular formula is C21H24O4. The molecule has 0 heterocycles. The van der Waals surface area contributed by atoms with Crippen LogP contribution in [0.15, 0.2) is 48.5 Å². The van der Waals surface area contributed by atoms with Crippen molar-refractivity contribution in [3.05, 3.63) is 59.7 Å². The molecule has 3 rings (SSSR count). The fraction of sp³-hybridized carbons (Fsp3) is 0.381. The number of para-hydroxylation sites is 1. The van der Waals surface area contributed by atoms with Crippen molar-refractivity contribution in [1.82, 2.24) is 0 Å². The third-order valence-electron chi connectivity index (χ3n) is 5.05. The summed E-state index contributed by atoms with van der Waals surface area (Å²) < 4.78 is 11.6. The number of carboxylic acid groups (broad SMARTS) is 1. The quantitative estimate of drug-likeness (QED) is 0.837. The van der Waals surface area contributed by atoms with Gasteiger partial charge in [-0.15, -0.1) is 0 Å². The number of methoxy groups -OCH3 is 1. The van der Waals surface area contributed by atoms with Crippen LogP contribution in [-0.2, 0) is 16.8 Å². The largest absolute Gasteiger partial charge is 0.493 e. The lowest BCUT2D eigenvalue weighted by atomic mass is 9.69. The fourth-order valence-corrected chi connectivity index (χ4v) is 3.71. The van der Waals surface area contributed by atoms with E-state index in [1.165, 1.54) is 0 Å². The minimum absolute atomic E-state index is 0.417. The van der Waals surface area contributed by atoms with Crippen molar-refractivity contribution >= 4 is 5.97 Å². The Morgan fingerprint density at radius 1 is 1.04 bits per heavy atom. The van der Waals surface area contributed by atoms with Crippen molar-refractivity contribution in [3.63, 3.8) is 0 Å². The Kier molecular flexibility index (Phi) is 5.27. The Morgan fingerprint density at radius 2 is 1.76 bits per heavy atom. The van der Waals surface area contributed by atoms with Crippen molar-refractivity contribution in [2.45, 2.75) is 44.1 Å². The second-order valence-electron chi connectivity index (χ2n) is 6.56. The van der Waals surface area contributed by atoms with Crippen LogP contribution in [0.2, 0.25) is 0 Å². The van der Waals surface area contributed by atoms with Gasteiger partial charge in [0.05, 0.1) is 12.5 Å². The molecule has 0 spiro atoms. The second kappa shape index (κ2) is 7.60. The van der Waals surface area contributed by atoms with Gasteiger partial charge in [-0.2, -0.15) is 0 Å². The summed E-state index contributed by atoms with van der Waals surface area (Å²) in [7, 11) is 1.58. The molecule has 1 N–H and O–H groups in total. The van der Waals surface area contributed by atoms with Gasteiger partial charge in [-0.1, -0.05) is 61.7 Å². The number of benzene rings is 2. The van der Waals surface area contributed by atoms with E-state index in [2.05, 4.69) is 0 Å². The first-order valence-corrected chi connectivity index (χ1v) is 8.75. The van der Waals surface area contributed by atoms with Crippen molar-refractivity contribution < 1.29 is 19.4 Å². The highest BCUT2D eigenvalue weighted by Gasteiger charge is 2.43. The summed E-state index contributed by atoms with van der Waals surface area (Å²) in [5.41, 5.74) is 0.906. The van der Waals surface area contributed by atoms with E-state index in [0.717, 1.165) is 30.4 Å². The van der Waals surface area contributed by atoms with Crippen molar-refractivity contribution in [2.24, 2.45) is 0 Å². The highest BCUT2D eigenvalue weighted by atomic mass is 16.5. The number of ether oxygens (including phenoxy) is 2. The Balaban J connectivity index is 1.93. The Bertz CT molecular complexity index is 718. The van der Waals surface area contributed by atoms with Crippen LogP contribution in [0.5, 0.6) is 11.5 Å². The molecule has 0 unspecified atom stereocenters. The summed E-state index contributed by atoms with van der Waals surface area (Å²) in [5, 5.41) is 9.96. The average molecular weight is 340 g/mol. The van der Waals surface area contributed by atoms with E-state index >= 15 is 0 Å². The van der Waals surface area contributed by atoms with E-state index in [1.807, 2.05) is 48.5 Å². The van der Waals surface area contributed by atoms with Gasteiger partial charge in [0, 0.05) is 5.56 Å². The van der Waals surface area contributed by atoms with Gasteiger partial charge < -0.3 is 14.6 Å². The van der Waals surface area contributed by atoms with Crippen LogP contribution in [0.4, 0.5) is 0 Å². The number of carbonyl (C=O) groups is 1. The van der Waals surface area contributed by atoms with Gasteiger partial charge in [-0.05, 0) is 24.5 Å². The molecule has 132 valence electrons. The normalized spacial score (nSPS) is 16.2. The molecule has 4 heteroatoms. The smallest absolute Gasteiger partial charge is 0.314 e. The van der Waals surface area contributed by atoms with Crippen LogP contribution in [0, 0.1) is 0 Å². The second-order valence-corrected chi connectivity index (χ2v) is 6.56. The van der Waals surface area contributed by atoms with Gasteiger partial charge in [-0.3, -0.25) is 4.79 Å². The summed E-state index contributed by atoms with van der Waals surface area (Å²) >= 11 is 0. The Labute approximate surface area is 148 Å². The van der Waals surface area contributed by atoms with E-state index < -0.39 is 11.4 Å². The van der Waals surface area contributed by atoms with Crippen LogP contribution >= 0.6 is 0 Å². The summed E-state index contributed by atoms with van der Waals surface area (Å²) in [5.74, 6) is 0.364. The zero-order valence-electron chi connectivity index (χ0n) is 14.5. The lowest BCUT2D eigenvalue weighted by Crippen LogP contribution is -2.38. The standard InChI is InChI=1S/C21H24O4/c1-24-19-17(21(20(22)23)13-6-3-7-14-21)11-8-12-18(19)25-15-16-9-4-2-5-10-16/h2,4-5,8-12H,3,6-7,13-15H2,1H3,(H,22,23). The molecule has 2 aromatic rings. The molecule has 0 radical (unpaired) electrons. The first-order valence-electron chi connectivity index (χ1n) is 8.75. The number of hydrogen-bond acceptors (Lipinski definition) is 3. The lowest BCUT2D eigenvalue weighted by Gasteiger charge is -2.35. The van der Waals surface area contributed by atoms with Crippen LogP contribution in [0.25, 0.3) is 0 Å². The predicted molar refractivity (Wildman–Crippen MR) is 96.2 cm³/mol. The van der Waals surface area contributed by atoms with E-state index in [-0.39, 0.29) is 0 Å². The topological polar surface area (TPSA) is 55.8 Å². The van der Waals surface area contributed by atoms with Gasteiger partial charge in [-0.25, -0.2) is 0 Å². The van der Waals surface area contributed by atoms with Crippen LogP contribution < -0.4 is 9.47 Å². The summed E-state index contributed by atoms with van der Waals surface area (Å²) in [4.78, 5) is 12.1. The maximum Gasteiger partial charge on any atom is 0.314 e. The highest BCUT2D eigenvalue weighted by Crippen LogP contribution is 2.46. The number of aliphatic carboxylic acids is 1. The molecule has 0 saturated heterocycles. The predicted octanol–water partition coefficient (Wildman–Crippen LogP) is 4.56. The minimum Gasteiger partial charge on any atom is -0.493 e. The van der Waals surface area contributed by atoms with E-state index in [1.54, 1.807) is 7.11 Å². The average Bonchev–Trinajstić information content (AvgIpc) is 2.67. The van der Waals surface area contributed by atoms with Crippen LogP contribution in [0.3, 0.4) is 0 Å². The zero-order valence-corrected chi connectivity index (χ0v) is 14.5. The van der Waals surface area contributed by atoms with Crippen molar-refractivity contribution in [1.29, 1.82) is 0 Å². The van der Waals surface area contributed by atoms with Gasteiger partial charge in [0.15, 0.2) is 11.5 Å². The van der Waals surface area contributed by atoms with Gasteiger partial charge in [0.2, 0.25) is 0 Å². The Morgan fingerprint density at radius 3 is 2.40 bits per heavy atom. The van der Waals surface area contributed by atoms with E-state index in [4.69, 9.17) is 9.47 Å². The Hall–Kier alpha value is -2.49. The summed E-state index contributed by atoms with van der Waals surface area (Å²) in [6.07, 6.45) is 4.21. The zero-order chi connectivity index (χ0) is 17.7. The van der Waals surface area contributed by atoms with Gasteiger partial charge in [0.25, 0.3) is 0 Å². The fourth-order valence-electron chi connectivity index (χ4n) is 3.71. The molecule has 0 amide bonds. The maximum absolute atomic E-state index is 12.1. The van der Waals surface area contributed by atoms with Crippen molar-refractivity contribution in [3.8, 4) is 11.5 Å². The third kappa shape index (κ3) is 3.48. The molecule has 25 heavy (non-hydrogen) atoms. The molecule has 2 aromatic carbocycles. The molecule has 1 aliphatic carbocycles. The molecular weight excluding hydrogens is 316 g/mol. The monoisotopic (exact) mass is 340 g/mol. The first kappa shape index (κ1) is 17.3. The molecule has 0 bridgehead atoms. The molecule has 1 aliphatic rings. The molecule has 1 saturated carbocycles. The number of rotatable bonds is 6. The van der Waals surface area contributed by atoms with Gasteiger partial charge in [0.1, 0.15) is 6.61 Å².